The SMILES string of the molecule is COC1=CCC([C@@H](C)/C=C(C)/C=C\C=C/C(=O)N[C@H](C(=O)N/C=C\C[C@H](C/C=C(\C)Cl)O[Si](c2ccccc2)(c2ccccc2)C(C)(C)C)C(C)(C)C)OC1=O. The summed E-state index contributed by atoms with van der Waals surface area (Å²) in [5, 5.41) is 8.63. The minimum Gasteiger partial charge on any atom is -0.490 e. The molecule has 2 N–H and O–H groups in total. The second-order valence-electron chi connectivity index (χ2n) is 16.3. The van der Waals surface area contributed by atoms with Gasteiger partial charge in [0.2, 0.25) is 11.8 Å². The molecule has 0 saturated carbocycles. The average molecular weight is 802 g/mol. The van der Waals surface area contributed by atoms with Gasteiger partial charge in [-0.1, -0.05) is 163 Å². The maximum atomic E-state index is 13.5. The number of hydrogen-bond donors (Lipinski definition) is 2. The van der Waals surface area contributed by atoms with E-state index in [-0.39, 0.29) is 40.7 Å². The summed E-state index contributed by atoms with van der Waals surface area (Å²) >= 11 is 6.33. The molecule has 0 aliphatic carbocycles. The fourth-order valence-corrected chi connectivity index (χ4v) is 11.5. The molecule has 0 aromatic heterocycles. The molecule has 0 saturated heterocycles. The minimum atomic E-state index is -2.85. The predicted molar refractivity (Wildman–Crippen MR) is 231 cm³/mol. The van der Waals surface area contributed by atoms with Crippen LogP contribution in [-0.2, 0) is 28.3 Å². The average Bonchev–Trinajstić information content (AvgIpc) is 3.14. The monoisotopic (exact) mass is 800 g/mol. The van der Waals surface area contributed by atoms with E-state index in [9.17, 15) is 14.4 Å². The molecule has 4 atom stereocenters. The van der Waals surface area contributed by atoms with Crippen molar-refractivity contribution in [2.75, 3.05) is 7.11 Å². The number of halogens is 1. The molecule has 1 heterocycles. The van der Waals surface area contributed by atoms with Crippen LogP contribution >= 0.6 is 11.6 Å². The third-order valence-electron chi connectivity index (χ3n) is 9.62. The van der Waals surface area contributed by atoms with Crippen molar-refractivity contribution in [3.8, 4) is 0 Å². The Morgan fingerprint density at radius 3 is 2.05 bits per heavy atom. The molecule has 302 valence electrons. The van der Waals surface area contributed by atoms with E-state index in [1.807, 2.05) is 78.0 Å². The highest BCUT2D eigenvalue weighted by atomic mass is 35.5. The van der Waals surface area contributed by atoms with Gasteiger partial charge < -0.3 is 24.5 Å². The summed E-state index contributed by atoms with van der Waals surface area (Å²) in [5.41, 5.74) is 0.387. The van der Waals surface area contributed by atoms with E-state index >= 15 is 0 Å². The highest BCUT2D eigenvalue weighted by molar-refractivity contribution is 6.99. The highest BCUT2D eigenvalue weighted by Crippen LogP contribution is 2.38. The number of carbonyl (C=O) groups is 3. The smallest absolute Gasteiger partial charge is 0.373 e. The van der Waals surface area contributed by atoms with Crippen LogP contribution in [-0.4, -0.2) is 51.5 Å². The zero-order chi connectivity index (χ0) is 41.5. The van der Waals surface area contributed by atoms with Gasteiger partial charge in [0.05, 0.1) is 13.2 Å². The number of allylic oxidation sites excluding steroid dienone is 5. The van der Waals surface area contributed by atoms with Gasteiger partial charge in [-0.25, -0.2) is 4.79 Å². The summed E-state index contributed by atoms with van der Waals surface area (Å²) in [7, 11) is -1.40. The standard InChI is InChI=1S/C46H61ClN2O6Si/c1-33(32-34(2)39-29-30-40(53-10)44(52)54-39)20-17-18-26-41(50)49-42(45(4,5)6)43(51)48-31-19-21-36(28-27-35(3)47)55-56(46(7,8)9,37-22-13-11-14-23-37)38-24-15-12-16-25-38/h11-20,22-27,30-32,34,36,39,42H,21,28-29H2,1-10H3,(H,48,51)(H,49,50)/b20-17-,26-18-,31-19-,33-32+,35-27+/t34-,36+,39?,42+/m0/s1. The normalized spacial score (nSPS) is 17.7. The van der Waals surface area contributed by atoms with Crippen molar-refractivity contribution in [3.63, 3.8) is 0 Å². The zero-order valence-electron chi connectivity index (χ0n) is 34.7. The van der Waals surface area contributed by atoms with Gasteiger partial charge in [-0.2, -0.15) is 0 Å². The van der Waals surface area contributed by atoms with Crippen molar-refractivity contribution >= 4 is 48.1 Å². The Labute approximate surface area is 340 Å². The Bertz CT molecular complexity index is 1760. The van der Waals surface area contributed by atoms with E-state index in [0.29, 0.717) is 24.3 Å². The number of benzene rings is 2. The van der Waals surface area contributed by atoms with Crippen molar-refractivity contribution in [1.29, 1.82) is 0 Å². The zero-order valence-corrected chi connectivity index (χ0v) is 36.5. The molecular weight excluding hydrogens is 740 g/mol. The molecule has 0 radical (unpaired) electrons. The topological polar surface area (TPSA) is 103 Å². The molecular formula is C46H61ClN2O6Si. The first-order valence-corrected chi connectivity index (χ1v) is 21.5. The number of nitrogens with one attached hydrogen (secondary N) is 2. The van der Waals surface area contributed by atoms with E-state index in [2.05, 4.69) is 79.9 Å². The number of cyclic esters (lactones) is 1. The van der Waals surface area contributed by atoms with Crippen LogP contribution < -0.4 is 21.0 Å². The number of methoxy groups -OCH3 is 1. The Balaban J connectivity index is 1.70. The first-order valence-electron chi connectivity index (χ1n) is 19.2. The van der Waals surface area contributed by atoms with Crippen LogP contribution in [0.25, 0.3) is 0 Å². The third-order valence-corrected chi connectivity index (χ3v) is 14.9. The molecule has 56 heavy (non-hydrogen) atoms. The maximum Gasteiger partial charge on any atom is 0.373 e. The van der Waals surface area contributed by atoms with Crippen LogP contribution in [0.5, 0.6) is 0 Å². The van der Waals surface area contributed by atoms with Gasteiger partial charge >= 0.3 is 5.97 Å². The Morgan fingerprint density at radius 1 is 0.946 bits per heavy atom. The van der Waals surface area contributed by atoms with E-state index in [1.165, 1.54) is 23.6 Å². The van der Waals surface area contributed by atoms with Crippen molar-refractivity contribution in [2.24, 2.45) is 11.3 Å². The van der Waals surface area contributed by atoms with E-state index in [0.717, 1.165) is 5.57 Å². The van der Waals surface area contributed by atoms with Crippen LogP contribution in [0.15, 0.2) is 132 Å². The Hall–Kier alpha value is -4.44. The van der Waals surface area contributed by atoms with Crippen molar-refractivity contribution in [2.45, 2.75) is 105 Å². The van der Waals surface area contributed by atoms with E-state index < -0.39 is 25.7 Å². The molecule has 0 bridgehead atoms. The van der Waals surface area contributed by atoms with Crippen LogP contribution in [0.4, 0.5) is 0 Å². The van der Waals surface area contributed by atoms with E-state index in [1.54, 1.807) is 24.4 Å². The lowest BCUT2D eigenvalue weighted by molar-refractivity contribution is -0.151. The molecule has 1 unspecified atom stereocenters. The van der Waals surface area contributed by atoms with Gasteiger partial charge in [0.1, 0.15) is 12.1 Å². The van der Waals surface area contributed by atoms with Gasteiger partial charge in [-0.05, 0) is 59.8 Å². The summed E-state index contributed by atoms with van der Waals surface area (Å²) in [6.45, 7) is 18.2. The fraction of sp³-hybridized carbons (Fsp3) is 0.413. The van der Waals surface area contributed by atoms with Crippen LogP contribution in [0, 0.1) is 11.3 Å². The third kappa shape index (κ3) is 13.3. The Morgan fingerprint density at radius 2 is 1.54 bits per heavy atom. The molecule has 0 fully saturated rings. The molecule has 10 heteroatoms. The molecule has 2 amide bonds. The Kier molecular flexibility index (Phi) is 17.4. The molecule has 2 aromatic carbocycles. The van der Waals surface area contributed by atoms with E-state index in [4.69, 9.17) is 25.5 Å². The molecule has 1 aliphatic heterocycles. The molecule has 2 aromatic rings. The first-order chi connectivity index (χ1) is 26.4. The summed E-state index contributed by atoms with van der Waals surface area (Å²) in [6, 6.07) is 20.2. The van der Waals surface area contributed by atoms with Crippen LogP contribution in [0.1, 0.15) is 81.6 Å². The van der Waals surface area contributed by atoms with Gasteiger partial charge in [0.25, 0.3) is 8.32 Å². The maximum absolute atomic E-state index is 13.5. The quantitative estimate of drug-likeness (QED) is 0.0720. The summed E-state index contributed by atoms with van der Waals surface area (Å²) in [5.74, 6) is -0.955. The van der Waals surface area contributed by atoms with Gasteiger partial charge in [0, 0.05) is 23.4 Å². The van der Waals surface area contributed by atoms with Crippen molar-refractivity contribution in [3.05, 3.63) is 132 Å². The molecule has 3 rings (SSSR count). The largest absolute Gasteiger partial charge is 0.490 e. The number of rotatable bonds is 17. The second kappa shape index (κ2) is 21.2. The fourth-order valence-electron chi connectivity index (χ4n) is 6.70. The van der Waals surface area contributed by atoms with Crippen molar-refractivity contribution in [1.82, 2.24) is 10.6 Å². The van der Waals surface area contributed by atoms with Gasteiger partial charge in [-0.15, -0.1) is 0 Å². The summed E-state index contributed by atoms with van der Waals surface area (Å²) in [6.07, 6.45) is 17.1. The molecule has 1 aliphatic rings. The number of amides is 2. The summed E-state index contributed by atoms with van der Waals surface area (Å²) < 4.78 is 17.9. The highest BCUT2D eigenvalue weighted by Gasteiger charge is 2.51. The second-order valence-corrected chi connectivity index (χ2v) is 21.2. The lowest BCUT2D eigenvalue weighted by Crippen LogP contribution is -2.67. The van der Waals surface area contributed by atoms with Crippen LogP contribution in [0.2, 0.25) is 5.04 Å². The number of esters is 1. The van der Waals surface area contributed by atoms with Gasteiger partial charge in [0.15, 0.2) is 5.76 Å². The molecule has 8 nitrogen and oxygen atoms in total. The number of carbonyl (C=O) groups excluding carboxylic acids is 3. The van der Waals surface area contributed by atoms with Crippen molar-refractivity contribution < 1.29 is 28.3 Å². The lowest BCUT2D eigenvalue weighted by atomic mass is 9.86. The molecule has 0 spiro atoms. The van der Waals surface area contributed by atoms with Gasteiger partial charge in [-0.3, -0.25) is 9.59 Å². The summed E-state index contributed by atoms with van der Waals surface area (Å²) in [4.78, 5) is 38.5. The van der Waals surface area contributed by atoms with Crippen LogP contribution in [0.3, 0.4) is 0 Å². The minimum absolute atomic E-state index is 0.0156. The number of ether oxygens (including phenoxy) is 2. The lowest BCUT2D eigenvalue weighted by Gasteiger charge is -2.45. The first kappa shape index (κ1) is 45.9. The number of hydrogen-bond acceptors (Lipinski definition) is 6. The predicted octanol–water partition coefficient (Wildman–Crippen LogP) is 8.56.